The molecule has 1 amide bonds. The minimum Gasteiger partial charge on any atom is -0.385 e. The van der Waals surface area contributed by atoms with Gasteiger partial charge in [0.05, 0.1) is 18.7 Å². The molecule has 2 unspecified atom stereocenters. The highest BCUT2D eigenvalue weighted by Gasteiger charge is 2.43. The Morgan fingerprint density at radius 1 is 1.48 bits per heavy atom. The van der Waals surface area contributed by atoms with E-state index in [1.165, 1.54) is 0 Å². The van der Waals surface area contributed by atoms with Crippen LogP contribution in [0.1, 0.15) is 36.6 Å². The van der Waals surface area contributed by atoms with Gasteiger partial charge in [0, 0.05) is 51.3 Å². The molecule has 3 N–H and O–H groups in total. The third kappa shape index (κ3) is 3.82. The third-order valence-electron chi connectivity index (χ3n) is 5.68. The second kappa shape index (κ2) is 8.14. The van der Waals surface area contributed by atoms with Crippen molar-refractivity contribution < 1.29 is 14.3 Å². The molecule has 1 saturated heterocycles. The highest BCUT2D eigenvalue weighted by molar-refractivity contribution is 5.83. The molecule has 27 heavy (non-hydrogen) atoms. The lowest BCUT2D eigenvalue weighted by atomic mass is 9.92. The zero-order chi connectivity index (χ0) is 18.8. The highest BCUT2D eigenvalue weighted by atomic mass is 16.5. The molecule has 3 aliphatic rings. The molecule has 7 heteroatoms. The van der Waals surface area contributed by atoms with Crippen LogP contribution < -0.4 is 11.1 Å². The summed E-state index contributed by atoms with van der Waals surface area (Å²) < 4.78 is 13.1. The van der Waals surface area contributed by atoms with Crippen molar-refractivity contribution in [3.8, 4) is 0 Å². The van der Waals surface area contributed by atoms with Gasteiger partial charge >= 0.3 is 0 Å². The van der Waals surface area contributed by atoms with Gasteiger partial charge in [-0.15, -0.1) is 0 Å². The van der Waals surface area contributed by atoms with Gasteiger partial charge in [-0.3, -0.25) is 4.79 Å². The van der Waals surface area contributed by atoms with Crippen molar-refractivity contribution in [2.24, 2.45) is 5.73 Å². The molecule has 1 aliphatic heterocycles. The van der Waals surface area contributed by atoms with Crippen LogP contribution in [0.15, 0.2) is 18.3 Å². The van der Waals surface area contributed by atoms with Gasteiger partial charge in [-0.25, -0.2) is 0 Å². The first kappa shape index (κ1) is 18.7. The number of nitrogens with zero attached hydrogens (tertiary/aromatic N) is 2. The van der Waals surface area contributed by atoms with Gasteiger partial charge < -0.3 is 30.0 Å². The number of amides is 1. The molecular formula is C20H30N4O3. The van der Waals surface area contributed by atoms with Crippen molar-refractivity contribution in [2.75, 3.05) is 33.4 Å². The topological polar surface area (TPSA) is 81.8 Å². The molecule has 4 rings (SSSR count). The van der Waals surface area contributed by atoms with Gasteiger partial charge in [0.15, 0.2) is 0 Å². The first-order chi connectivity index (χ1) is 13.2. The number of fused-ring (bicyclic) bond motifs is 1. The number of morpholine rings is 1. The maximum Gasteiger partial charge on any atom is 0.253 e. The van der Waals surface area contributed by atoms with Crippen LogP contribution in [-0.4, -0.2) is 67.0 Å². The number of rotatable bonds is 7. The Morgan fingerprint density at radius 3 is 3.04 bits per heavy atom. The number of aromatic nitrogens is 1. The summed E-state index contributed by atoms with van der Waals surface area (Å²) in [6, 6.07) is 2.05. The van der Waals surface area contributed by atoms with E-state index in [2.05, 4.69) is 34.3 Å². The minimum atomic E-state index is -0.403. The molecule has 1 aromatic rings. The first-order valence-corrected chi connectivity index (χ1v) is 9.97. The number of hydrogen-bond donors (Lipinski definition) is 2. The van der Waals surface area contributed by atoms with Gasteiger partial charge in [0.1, 0.15) is 6.10 Å². The van der Waals surface area contributed by atoms with Crippen LogP contribution in [0.2, 0.25) is 0 Å². The van der Waals surface area contributed by atoms with E-state index in [4.69, 9.17) is 15.2 Å². The standard InChI is InChI=1S/C20H30N4O3/c1-26-11-2-9-23-10-7-15-16(23)5-6-17(19(15)21)24(14-3-4-14)20(25)18-13-22-8-12-27-18/h5-7,10,14,17-19,22H,2-4,8-9,11-13,21H2,1H3/t17?,18-,19?/m1/s1. The summed E-state index contributed by atoms with van der Waals surface area (Å²) >= 11 is 0. The number of hydrogen-bond acceptors (Lipinski definition) is 5. The lowest BCUT2D eigenvalue weighted by molar-refractivity contribution is -0.147. The fourth-order valence-electron chi connectivity index (χ4n) is 4.12. The Morgan fingerprint density at radius 2 is 2.33 bits per heavy atom. The lowest BCUT2D eigenvalue weighted by Gasteiger charge is -2.38. The Bertz CT molecular complexity index is 691. The molecule has 1 aromatic heterocycles. The molecule has 1 saturated carbocycles. The number of aryl methyl sites for hydroxylation is 1. The number of nitrogens with two attached hydrogens (primary N) is 1. The van der Waals surface area contributed by atoms with E-state index in [0.29, 0.717) is 13.2 Å². The first-order valence-electron chi connectivity index (χ1n) is 9.97. The molecule has 7 nitrogen and oxygen atoms in total. The Hall–Kier alpha value is -1.67. The quantitative estimate of drug-likeness (QED) is 0.693. The van der Waals surface area contributed by atoms with E-state index in [9.17, 15) is 4.79 Å². The van der Waals surface area contributed by atoms with Crippen molar-refractivity contribution in [3.63, 3.8) is 0 Å². The molecule has 2 heterocycles. The van der Waals surface area contributed by atoms with E-state index in [-0.39, 0.29) is 24.0 Å². The van der Waals surface area contributed by atoms with E-state index in [1.54, 1.807) is 7.11 Å². The number of carbonyl (C=O) groups excluding carboxylic acids is 1. The van der Waals surface area contributed by atoms with Crippen molar-refractivity contribution in [3.05, 3.63) is 29.6 Å². The predicted molar refractivity (Wildman–Crippen MR) is 103 cm³/mol. The fraction of sp³-hybridized carbons (Fsp3) is 0.650. The van der Waals surface area contributed by atoms with Crippen LogP contribution in [0.25, 0.3) is 6.08 Å². The van der Waals surface area contributed by atoms with Gasteiger partial charge in [-0.2, -0.15) is 0 Å². The maximum atomic E-state index is 13.2. The SMILES string of the molecule is COCCCn1ccc2c1C=CC(N(C(=O)[C@H]1CNCCO1)C1CC1)C2N. The summed E-state index contributed by atoms with van der Waals surface area (Å²) in [6.45, 7) is 3.60. The van der Waals surface area contributed by atoms with Crippen LogP contribution in [0.3, 0.4) is 0 Å². The van der Waals surface area contributed by atoms with E-state index >= 15 is 0 Å². The van der Waals surface area contributed by atoms with Crippen molar-refractivity contribution in [1.82, 2.24) is 14.8 Å². The Labute approximate surface area is 160 Å². The molecular weight excluding hydrogens is 344 g/mol. The van der Waals surface area contributed by atoms with E-state index in [1.807, 2.05) is 4.90 Å². The van der Waals surface area contributed by atoms with Crippen LogP contribution >= 0.6 is 0 Å². The summed E-state index contributed by atoms with van der Waals surface area (Å²) in [7, 11) is 1.72. The zero-order valence-electron chi connectivity index (χ0n) is 16.0. The highest BCUT2D eigenvalue weighted by Crippen LogP contribution is 2.37. The molecule has 2 aliphatic carbocycles. The van der Waals surface area contributed by atoms with Crippen LogP contribution in [0.4, 0.5) is 0 Å². The minimum absolute atomic E-state index is 0.0674. The van der Waals surface area contributed by atoms with Gasteiger partial charge in [0.2, 0.25) is 0 Å². The van der Waals surface area contributed by atoms with Gasteiger partial charge in [-0.1, -0.05) is 6.08 Å². The Balaban J connectivity index is 1.52. The van der Waals surface area contributed by atoms with Crippen molar-refractivity contribution in [2.45, 2.75) is 50.0 Å². The van der Waals surface area contributed by atoms with E-state index < -0.39 is 6.10 Å². The number of carbonyl (C=O) groups is 1. The summed E-state index contributed by atoms with van der Waals surface area (Å²) in [5.41, 5.74) is 8.91. The van der Waals surface area contributed by atoms with E-state index in [0.717, 1.165) is 50.2 Å². The number of methoxy groups -OCH3 is 1. The molecule has 2 fully saturated rings. The maximum absolute atomic E-state index is 13.2. The van der Waals surface area contributed by atoms with Gasteiger partial charge in [-0.05, 0) is 37.0 Å². The predicted octanol–water partition coefficient (Wildman–Crippen LogP) is 0.899. The van der Waals surface area contributed by atoms with Crippen LogP contribution in [-0.2, 0) is 20.8 Å². The zero-order valence-corrected chi connectivity index (χ0v) is 16.0. The number of nitrogens with one attached hydrogen (secondary N) is 1. The average Bonchev–Trinajstić information content (AvgIpc) is 3.44. The van der Waals surface area contributed by atoms with Crippen LogP contribution in [0, 0.1) is 0 Å². The molecule has 0 radical (unpaired) electrons. The average molecular weight is 374 g/mol. The molecule has 0 spiro atoms. The number of ether oxygens (including phenoxy) is 2. The summed E-state index contributed by atoms with van der Waals surface area (Å²) in [4.78, 5) is 15.2. The molecule has 3 atom stereocenters. The monoisotopic (exact) mass is 374 g/mol. The fourth-order valence-corrected chi connectivity index (χ4v) is 4.12. The summed E-state index contributed by atoms with van der Waals surface area (Å²) in [5, 5.41) is 3.25. The normalized spacial score (nSPS) is 27.4. The van der Waals surface area contributed by atoms with Crippen molar-refractivity contribution >= 4 is 12.0 Å². The second-order valence-electron chi connectivity index (χ2n) is 7.61. The molecule has 148 valence electrons. The summed E-state index contributed by atoms with van der Waals surface area (Å²) in [5.74, 6) is 0.0674. The largest absolute Gasteiger partial charge is 0.385 e. The molecule has 0 bridgehead atoms. The summed E-state index contributed by atoms with van der Waals surface area (Å²) in [6.07, 6.45) is 8.97. The second-order valence-corrected chi connectivity index (χ2v) is 7.61. The smallest absolute Gasteiger partial charge is 0.253 e. The van der Waals surface area contributed by atoms with Crippen LogP contribution in [0.5, 0.6) is 0 Å². The Kier molecular flexibility index (Phi) is 5.63. The van der Waals surface area contributed by atoms with Crippen molar-refractivity contribution in [1.29, 1.82) is 0 Å². The van der Waals surface area contributed by atoms with Gasteiger partial charge in [0.25, 0.3) is 5.91 Å². The lowest BCUT2D eigenvalue weighted by Crippen LogP contribution is -2.55. The third-order valence-corrected chi connectivity index (χ3v) is 5.68. The molecule has 0 aromatic carbocycles.